The summed E-state index contributed by atoms with van der Waals surface area (Å²) >= 11 is 0. The molecule has 3 aliphatic rings. The molecule has 0 spiro atoms. The summed E-state index contributed by atoms with van der Waals surface area (Å²) in [4.78, 5) is 29.6. The van der Waals surface area contributed by atoms with E-state index in [1.165, 1.54) is 11.1 Å². The zero-order valence-electron chi connectivity index (χ0n) is 23.5. The number of carbonyl (C=O) groups excluding carboxylic acids is 1. The molecule has 3 saturated heterocycles. The van der Waals surface area contributed by atoms with Gasteiger partial charge in [-0.3, -0.25) is 10.00 Å². The average Bonchev–Trinajstić information content (AvgIpc) is 3.58. The molecule has 230 valence electrons. The zero-order valence-corrected chi connectivity index (χ0v) is 23.5. The standard InChI is InChI=1S/C29H30F3N9O3/c30-29(31,32)25(41-20-6-7-21(41)16-44-15-20)24-22-14-34-39-27(22)38-26(37-24)17-1-3-18(4-2-17)35-28(42)36-19-5-8-23(33-13-19)40-9-11-43-12-10-40/h1-5,8,13-14,20-21,25H,6-7,9-12,15-16H2,(H2,35,36,42)(H,34,37,38,39). The number of H-pyrrole nitrogens is 1. The second-order valence-corrected chi connectivity index (χ2v) is 11.0. The van der Waals surface area contributed by atoms with E-state index in [1.54, 1.807) is 36.5 Å². The Labute approximate surface area is 250 Å². The first-order chi connectivity index (χ1) is 21.3. The number of urea groups is 1. The van der Waals surface area contributed by atoms with E-state index < -0.39 is 18.2 Å². The first-order valence-electron chi connectivity index (χ1n) is 14.4. The lowest BCUT2D eigenvalue weighted by Gasteiger charge is -2.41. The molecule has 0 saturated carbocycles. The maximum Gasteiger partial charge on any atom is 0.409 e. The largest absolute Gasteiger partial charge is 0.409 e. The molecule has 15 heteroatoms. The lowest BCUT2D eigenvalue weighted by Crippen LogP contribution is -2.52. The first kappa shape index (κ1) is 28.4. The zero-order chi connectivity index (χ0) is 30.3. The van der Waals surface area contributed by atoms with E-state index in [9.17, 15) is 18.0 Å². The molecule has 3 atom stereocenters. The van der Waals surface area contributed by atoms with Gasteiger partial charge in [0, 0.05) is 36.4 Å². The number of pyridine rings is 1. The molecular weight excluding hydrogens is 579 g/mol. The number of ether oxygens (including phenoxy) is 2. The topological polar surface area (TPSA) is 133 Å². The molecule has 12 nitrogen and oxygen atoms in total. The number of anilines is 3. The van der Waals surface area contributed by atoms with E-state index in [0.29, 0.717) is 43.0 Å². The van der Waals surface area contributed by atoms with E-state index in [1.807, 2.05) is 6.07 Å². The summed E-state index contributed by atoms with van der Waals surface area (Å²) in [5.74, 6) is 0.932. The van der Waals surface area contributed by atoms with Crippen molar-refractivity contribution in [2.75, 3.05) is 55.1 Å². The Hall–Kier alpha value is -4.34. The van der Waals surface area contributed by atoms with E-state index in [0.717, 1.165) is 18.9 Å². The minimum atomic E-state index is -4.58. The highest BCUT2D eigenvalue weighted by molar-refractivity contribution is 5.99. The second-order valence-electron chi connectivity index (χ2n) is 11.0. The first-order valence-corrected chi connectivity index (χ1v) is 14.4. The summed E-state index contributed by atoms with van der Waals surface area (Å²) < 4.78 is 55.1. The van der Waals surface area contributed by atoms with Crippen molar-refractivity contribution in [3.63, 3.8) is 0 Å². The molecule has 3 aromatic heterocycles. The minimum Gasteiger partial charge on any atom is -0.378 e. The maximum absolute atomic E-state index is 14.7. The monoisotopic (exact) mass is 609 g/mol. The number of hydrogen-bond acceptors (Lipinski definition) is 9. The molecular formula is C29H30F3N9O3. The smallest absolute Gasteiger partial charge is 0.378 e. The van der Waals surface area contributed by atoms with Crippen molar-refractivity contribution in [2.45, 2.75) is 37.1 Å². The van der Waals surface area contributed by atoms with E-state index in [-0.39, 0.29) is 47.8 Å². The molecule has 1 aromatic carbocycles. The summed E-state index contributed by atoms with van der Waals surface area (Å²) in [5, 5.41) is 12.4. The van der Waals surface area contributed by atoms with E-state index >= 15 is 0 Å². The number of aromatic amines is 1. The molecule has 2 amide bonds. The number of nitrogens with zero attached hydrogens (tertiary/aromatic N) is 6. The van der Waals surface area contributed by atoms with Crippen molar-refractivity contribution in [3.05, 3.63) is 54.5 Å². The van der Waals surface area contributed by atoms with Crippen LogP contribution < -0.4 is 15.5 Å². The number of amides is 2. The van der Waals surface area contributed by atoms with E-state index in [4.69, 9.17) is 9.47 Å². The van der Waals surface area contributed by atoms with Gasteiger partial charge < -0.3 is 25.0 Å². The fraction of sp³-hybridized carbons (Fsp3) is 0.414. The number of halogens is 3. The van der Waals surface area contributed by atoms with Crippen LogP contribution in [0.4, 0.5) is 35.2 Å². The summed E-state index contributed by atoms with van der Waals surface area (Å²) in [7, 11) is 0. The maximum atomic E-state index is 14.7. The van der Waals surface area contributed by atoms with Gasteiger partial charge in [-0.05, 0) is 49.2 Å². The Kier molecular flexibility index (Phi) is 7.52. The predicted octanol–water partition coefficient (Wildman–Crippen LogP) is 4.36. The third kappa shape index (κ3) is 5.65. The van der Waals surface area contributed by atoms with Crippen LogP contribution in [-0.2, 0) is 9.47 Å². The molecule has 0 radical (unpaired) electrons. The molecule has 7 rings (SSSR count). The van der Waals surface area contributed by atoms with Gasteiger partial charge in [0.25, 0.3) is 0 Å². The number of nitrogens with one attached hydrogen (secondary N) is 3. The minimum absolute atomic E-state index is 0.119. The highest BCUT2D eigenvalue weighted by atomic mass is 19.4. The van der Waals surface area contributed by atoms with Crippen LogP contribution in [0.15, 0.2) is 48.8 Å². The summed E-state index contributed by atoms with van der Waals surface area (Å²) in [6, 6.07) is 7.12. The Bertz CT molecular complexity index is 1610. The van der Waals surface area contributed by atoms with Gasteiger partial charge in [-0.15, -0.1) is 0 Å². The van der Waals surface area contributed by atoms with Crippen LogP contribution in [0.2, 0.25) is 0 Å². The van der Waals surface area contributed by atoms with Crippen molar-refractivity contribution in [3.8, 4) is 11.4 Å². The number of carbonyl (C=O) groups is 1. The highest BCUT2D eigenvalue weighted by Gasteiger charge is 2.54. The summed E-state index contributed by atoms with van der Waals surface area (Å²) in [6.07, 6.45) is -0.366. The Morgan fingerprint density at radius 2 is 1.64 bits per heavy atom. The quantitative estimate of drug-likeness (QED) is 0.292. The highest BCUT2D eigenvalue weighted by Crippen LogP contribution is 2.46. The van der Waals surface area contributed by atoms with Crippen LogP contribution in [0.1, 0.15) is 24.6 Å². The SMILES string of the molecule is O=C(Nc1ccc(-c2nc(C(N3C4CCC3COC4)C(F)(F)F)c3cn[nH]c3n2)cc1)Nc1ccc(N2CCOCC2)nc1. The predicted molar refractivity (Wildman–Crippen MR) is 155 cm³/mol. The fourth-order valence-corrected chi connectivity index (χ4v) is 6.18. The van der Waals surface area contributed by atoms with Crippen molar-refractivity contribution in [1.82, 2.24) is 30.0 Å². The van der Waals surface area contributed by atoms with Crippen LogP contribution in [-0.4, -0.2) is 93.9 Å². The molecule has 44 heavy (non-hydrogen) atoms. The summed E-state index contributed by atoms with van der Waals surface area (Å²) in [6.45, 7) is 3.34. The third-order valence-corrected chi connectivity index (χ3v) is 8.25. The molecule has 3 fully saturated rings. The van der Waals surface area contributed by atoms with Crippen LogP contribution in [0.3, 0.4) is 0 Å². The lowest BCUT2D eigenvalue weighted by atomic mass is 10.0. The number of morpholine rings is 2. The molecule has 3 unspecified atom stereocenters. The van der Waals surface area contributed by atoms with Gasteiger partial charge >= 0.3 is 12.2 Å². The normalized spacial score (nSPS) is 21.4. The number of alkyl halides is 3. The molecule has 4 aromatic rings. The lowest BCUT2D eigenvalue weighted by molar-refractivity contribution is -0.207. The second kappa shape index (κ2) is 11.6. The van der Waals surface area contributed by atoms with Gasteiger partial charge in [0.1, 0.15) is 5.82 Å². The average molecular weight is 610 g/mol. The molecule has 3 N–H and O–H groups in total. The Morgan fingerprint density at radius 1 is 0.932 bits per heavy atom. The van der Waals surface area contributed by atoms with Gasteiger partial charge in [0.05, 0.1) is 55.6 Å². The van der Waals surface area contributed by atoms with Gasteiger partial charge in [-0.1, -0.05) is 0 Å². The van der Waals surface area contributed by atoms with Gasteiger partial charge in [0.2, 0.25) is 0 Å². The van der Waals surface area contributed by atoms with Crippen molar-refractivity contribution in [2.24, 2.45) is 0 Å². The molecule has 2 bridgehead atoms. The number of rotatable bonds is 6. The van der Waals surface area contributed by atoms with Gasteiger partial charge in [-0.25, -0.2) is 19.7 Å². The number of benzene rings is 1. The fourth-order valence-electron chi connectivity index (χ4n) is 6.18. The van der Waals surface area contributed by atoms with Crippen molar-refractivity contribution < 1.29 is 27.4 Å². The number of aromatic nitrogens is 5. The van der Waals surface area contributed by atoms with E-state index in [2.05, 4.69) is 40.7 Å². The van der Waals surface area contributed by atoms with Crippen LogP contribution in [0, 0.1) is 0 Å². The van der Waals surface area contributed by atoms with Gasteiger partial charge in [-0.2, -0.15) is 18.3 Å². The van der Waals surface area contributed by atoms with Crippen LogP contribution >= 0.6 is 0 Å². The van der Waals surface area contributed by atoms with Gasteiger partial charge in [0.15, 0.2) is 17.5 Å². The molecule has 0 aliphatic carbocycles. The van der Waals surface area contributed by atoms with Crippen molar-refractivity contribution >= 4 is 34.3 Å². The summed E-state index contributed by atoms with van der Waals surface area (Å²) in [5.41, 5.74) is 1.57. The van der Waals surface area contributed by atoms with Crippen LogP contribution in [0.25, 0.3) is 22.4 Å². The van der Waals surface area contributed by atoms with Crippen LogP contribution in [0.5, 0.6) is 0 Å². The Morgan fingerprint density at radius 3 is 2.32 bits per heavy atom. The third-order valence-electron chi connectivity index (χ3n) is 8.25. The van der Waals surface area contributed by atoms with Crippen molar-refractivity contribution in [1.29, 1.82) is 0 Å². The Balaban J connectivity index is 1.09. The molecule has 3 aliphatic heterocycles. The molecule has 6 heterocycles. The number of fused-ring (bicyclic) bond motifs is 3. The number of hydrogen-bond donors (Lipinski definition) is 3.